The number of hydrogen-bond acceptors (Lipinski definition) is 6. The molecule has 0 aliphatic carbocycles. The number of imidazole rings is 1. The molecule has 0 saturated carbocycles. The number of tetrazole rings is 1. The van der Waals surface area contributed by atoms with E-state index in [1.807, 2.05) is 48.7 Å². The van der Waals surface area contributed by atoms with Crippen molar-refractivity contribution in [3.8, 4) is 23.2 Å². The molecule has 3 heterocycles. The Kier molecular flexibility index (Phi) is 5.50. The van der Waals surface area contributed by atoms with E-state index in [-0.39, 0.29) is 5.56 Å². The van der Waals surface area contributed by atoms with Crippen molar-refractivity contribution in [2.24, 2.45) is 0 Å². The molecule has 0 fully saturated rings. The van der Waals surface area contributed by atoms with Crippen LogP contribution in [0.4, 0.5) is 0 Å². The van der Waals surface area contributed by atoms with Crippen LogP contribution in [0.3, 0.4) is 0 Å². The summed E-state index contributed by atoms with van der Waals surface area (Å²) in [5, 5.41) is 24.5. The number of ether oxygens (including phenoxy) is 1. The summed E-state index contributed by atoms with van der Waals surface area (Å²) in [5.41, 5.74) is 4.63. The maximum atomic E-state index is 11.8. The molecule has 11 heteroatoms. The maximum absolute atomic E-state index is 11.8. The molecule has 0 atom stereocenters. The molecule has 2 N–H and O–H groups in total. The van der Waals surface area contributed by atoms with Gasteiger partial charge in [0.2, 0.25) is 5.82 Å². The van der Waals surface area contributed by atoms with Gasteiger partial charge in [0.1, 0.15) is 5.15 Å². The van der Waals surface area contributed by atoms with Gasteiger partial charge in [0, 0.05) is 5.69 Å². The number of carboxylic acid groups (broad SMARTS) is 1. The number of nitrogens with zero attached hydrogens (tertiary/aromatic N) is 6. The average Bonchev–Trinajstić information content (AvgIpc) is 3.54. The lowest BCUT2D eigenvalue weighted by Crippen LogP contribution is -2.08. The number of aromatic carboxylic acids is 1. The lowest BCUT2D eigenvalue weighted by Gasteiger charge is -2.12. The number of rotatable bonds is 7. The van der Waals surface area contributed by atoms with Gasteiger partial charge in [0.05, 0.1) is 35.4 Å². The Hall–Kier alpha value is -4.18. The molecule has 5 rings (SSSR count). The van der Waals surface area contributed by atoms with Gasteiger partial charge in [0.15, 0.2) is 0 Å². The largest absolute Gasteiger partial charge is 0.478 e. The molecule has 0 aliphatic rings. The Bertz CT molecular complexity index is 1490. The number of H-pyrrole nitrogens is 1. The highest BCUT2D eigenvalue weighted by Crippen LogP contribution is 2.31. The number of aromatic nitrogens is 7. The highest BCUT2D eigenvalue weighted by atomic mass is 35.5. The number of aromatic amines is 1. The molecule has 34 heavy (non-hydrogen) atoms. The lowest BCUT2D eigenvalue weighted by atomic mass is 10.1. The van der Waals surface area contributed by atoms with Crippen molar-refractivity contribution in [3.63, 3.8) is 0 Å². The van der Waals surface area contributed by atoms with E-state index in [4.69, 9.17) is 16.3 Å². The summed E-state index contributed by atoms with van der Waals surface area (Å²) in [7, 11) is 0. The second-order valence-electron chi connectivity index (χ2n) is 7.63. The van der Waals surface area contributed by atoms with E-state index >= 15 is 0 Å². The number of aryl methyl sites for hydroxylation is 1. The van der Waals surface area contributed by atoms with Gasteiger partial charge >= 0.3 is 5.97 Å². The van der Waals surface area contributed by atoms with Crippen LogP contribution in [-0.2, 0) is 6.54 Å². The molecular formula is C23H20ClN7O3. The van der Waals surface area contributed by atoms with Gasteiger partial charge < -0.3 is 9.84 Å². The van der Waals surface area contributed by atoms with Crippen molar-refractivity contribution < 1.29 is 14.6 Å². The van der Waals surface area contributed by atoms with E-state index in [1.54, 1.807) is 22.8 Å². The van der Waals surface area contributed by atoms with E-state index in [0.717, 1.165) is 16.8 Å². The molecule has 0 saturated heterocycles. The first-order valence-electron chi connectivity index (χ1n) is 10.5. The normalized spacial score (nSPS) is 11.3. The zero-order chi connectivity index (χ0) is 23.8. The van der Waals surface area contributed by atoms with Crippen molar-refractivity contribution >= 4 is 28.6 Å². The number of benzene rings is 2. The Labute approximate surface area is 198 Å². The zero-order valence-electron chi connectivity index (χ0n) is 18.4. The summed E-state index contributed by atoms with van der Waals surface area (Å²) >= 11 is 6.58. The predicted octanol–water partition coefficient (Wildman–Crippen LogP) is 4.11. The van der Waals surface area contributed by atoms with Gasteiger partial charge in [-0.1, -0.05) is 29.8 Å². The number of halogens is 1. The molecule has 0 unspecified atom stereocenters. The summed E-state index contributed by atoms with van der Waals surface area (Å²) in [6.45, 7) is 4.57. The average molecular weight is 478 g/mol. The van der Waals surface area contributed by atoms with E-state index in [0.29, 0.717) is 46.9 Å². The van der Waals surface area contributed by atoms with E-state index < -0.39 is 5.97 Å². The number of carboxylic acids is 1. The van der Waals surface area contributed by atoms with Crippen LogP contribution in [0.25, 0.3) is 28.2 Å². The smallest absolute Gasteiger partial charge is 0.337 e. The van der Waals surface area contributed by atoms with Crippen LogP contribution < -0.4 is 4.74 Å². The molecular weight excluding hydrogens is 458 g/mol. The van der Waals surface area contributed by atoms with Crippen LogP contribution in [0.1, 0.15) is 28.4 Å². The molecule has 5 aromatic rings. The predicted molar refractivity (Wildman–Crippen MR) is 126 cm³/mol. The van der Waals surface area contributed by atoms with Gasteiger partial charge in [-0.05, 0) is 60.5 Å². The van der Waals surface area contributed by atoms with Gasteiger partial charge in [-0.25, -0.2) is 4.79 Å². The van der Waals surface area contributed by atoms with Crippen molar-refractivity contribution in [2.75, 3.05) is 6.61 Å². The third kappa shape index (κ3) is 3.67. The fraction of sp³-hybridized carbons (Fsp3) is 0.174. The van der Waals surface area contributed by atoms with Crippen LogP contribution in [0.2, 0.25) is 5.15 Å². The SMILES string of the molecule is CCOc1nc2cccc(C(=O)O)c2n1Cc1ccc(-n2c(-c3nn[nH]n3)cc(C)c2Cl)cc1. The minimum absolute atomic E-state index is 0.173. The summed E-state index contributed by atoms with van der Waals surface area (Å²) in [5.74, 6) is -0.580. The topological polar surface area (TPSA) is 124 Å². The maximum Gasteiger partial charge on any atom is 0.337 e. The molecule has 0 bridgehead atoms. The minimum Gasteiger partial charge on any atom is -0.478 e. The third-order valence-corrected chi connectivity index (χ3v) is 5.93. The quantitative estimate of drug-likeness (QED) is 0.361. The van der Waals surface area contributed by atoms with Crippen LogP contribution in [0.15, 0.2) is 48.5 Å². The van der Waals surface area contributed by atoms with E-state index in [2.05, 4.69) is 25.6 Å². The van der Waals surface area contributed by atoms with Crippen molar-refractivity contribution in [1.29, 1.82) is 0 Å². The van der Waals surface area contributed by atoms with Crippen molar-refractivity contribution in [3.05, 3.63) is 70.4 Å². The Balaban J connectivity index is 1.55. The van der Waals surface area contributed by atoms with E-state index in [9.17, 15) is 9.90 Å². The second-order valence-corrected chi connectivity index (χ2v) is 7.99. The molecule has 0 radical (unpaired) electrons. The number of hydrogen-bond donors (Lipinski definition) is 2. The standard InChI is InChI=1S/C23H20ClN7O3/c1-3-34-23-25-17-6-4-5-16(22(32)33)19(17)30(23)12-14-7-9-15(10-8-14)31-18(11-13(2)20(31)24)21-26-28-29-27-21/h4-11H,3,12H2,1-2H3,(H,32,33)(H,26,27,28,29). The molecule has 0 amide bonds. The number of nitrogens with one attached hydrogen (secondary N) is 1. The minimum atomic E-state index is -1.02. The molecule has 0 aliphatic heterocycles. The molecule has 2 aromatic carbocycles. The molecule has 3 aromatic heterocycles. The monoisotopic (exact) mass is 477 g/mol. The van der Waals surface area contributed by atoms with Crippen LogP contribution >= 0.6 is 11.6 Å². The van der Waals surface area contributed by atoms with Crippen molar-refractivity contribution in [1.82, 2.24) is 34.7 Å². The Morgan fingerprint density at radius 2 is 2.00 bits per heavy atom. The number of fused-ring (bicyclic) bond motifs is 1. The van der Waals surface area contributed by atoms with Crippen LogP contribution in [0.5, 0.6) is 6.01 Å². The Morgan fingerprint density at radius 3 is 2.68 bits per heavy atom. The first-order chi connectivity index (χ1) is 16.5. The fourth-order valence-electron chi connectivity index (χ4n) is 3.95. The zero-order valence-corrected chi connectivity index (χ0v) is 19.1. The highest BCUT2D eigenvalue weighted by Gasteiger charge is 2.20. The second kappa shape index (κ2) is 8.64. The van der Waals surface area contributed by atoms with Crippen LogP contribution in [0, 0.1) is 6.92 Å². The summed E-state index contributed by atoms with van der Waals surface area (Å²) in [4.78, 5) is 16.3. The first-order valence-corrected chi connectivity index (χ1v) is 10.9. The Morgan fingerprint density at radius 1 is 1.21 bits per heavy atom. The van der Waals surface area contributed by atoms with Gasteiger partial charge in [-0.2, -0.15) is 10.2 Å². The van der Waals surface area contributed by atoms with Gasteiger partial charge in [-0.3, -0.25) is 9.13 Å². The summed E-state index contributed by atoms with van der Waals surface area (Å²) in [6, 6.07) is 15.1. The third-order valence-electron chi connectivity index (χ3n) is 5.46. The first kappa shape index (κ1) is 21.7. The molecule has 10 nitrogen and oxygen atoms in total. The van der Waals surface area contributed by atoms with Crippen molar-refractivity contribution in [2.45, 2.75) is 20.4 Å². The number of carbonyl (C=O) groups is 1. The molecule has 0 spiro atoms. The lowest BCUT2D eigenvalue weighted by molar-refractivity contribution is 0.0698. The summed E-state index contributed by atoms with van der Waals surface area (Å²) in [6.07, 6.45) is 0. The van der Waals surface area contributed by atoms with E-state index in [1.165, 1.54) is 0 Å². The highest BCUT2D eigenvalue weighted by molar-refractivity contribution is 6.31. The van der Waals surface area contributed by atoms with Crippen LogP contribution in [-0.4, -0.2) is 52.4 Å². The summed E-state index contributed by atoms with van der Waals surface area (Å²) < 4.78 is 9.35. The van der Waals surface area contributed by atoms with Gasteiger partial charge in [0.25, 0.3) is 6.01 Å². The van der Waals surface area contributed by atoms with Gasteiger partial charge in [-0.15, -0.1) is 10.2 Å². The number of para-hydroxylation sites is 1. The fourth-order valence-corrected chi connectivity index (χ4v) is 4.20. The molecule has 172 valence electrons.